The van der Waals surface area contributed by atoms with Gasteiger partial charge in [0, 0.05) is 38.0 Å². The monoisotopic (exact) mass is 470 g/mol. The predicted octanol–water partition coefficient (Wildman–Crippen LogP) is 2.40. The Morgan fingerprint density at radius 3 is 2.55 bits per heavy atom. The number of ether oxygens (including phenoxy) is 1. The first-order valence-electron chi connectivity index (χ1n) is 10.8. The summed E-state index contributed by atoms with van der Waals surface area (Å²) in [5, 5.41) is 6.79. The Labute approximate surface area is 192 Å². The molecule has 0 unspecified atom stereocenters. The third-order valence-electron chi connectivity index (χ3n) is 5.33. The molecule has 33 heavy (non-hydrogen) atoms. The van der Waals surface area contributed by atoms with E-state index < -0.39 is 10.0 Å². The van der Waals surface area contributed by atoms with Crippen LogP contribution >= 0.6 is 0 Å². The van der Waals surface area contributed by atoms with Crippen molar-refractivity contribution in [1.82, 2.24) is 19.8 Å². The second-order valence-corrected chi connectivity index (χ2v) is 9.54. The van der Waals surface area contributed by atoms with Gasteiger partial charge in [0.25, 0.3) is 0 Å². The molecule has 174 valence electrons. The van der Waals surface area contributed by atoms with E-state index in [-0.39, 0.29) is 23.8 Å². The number of nitrogens with zero attached hydrogens (tertiary/aromatic N) is 3. The number of hydrogen-bond acceptors (Lipinski definition) is 7. The van der Waals surface area contributed by atoms with Crippen molar-refractivity contribution in [2.24, 2.45) is 0 Å². The zero-order chi connectivity index (χ0) is 23.1. The molecular weight excluding hydrogens is 444 g/mol. The highest BCUT2D eigenvalue weighted by molar-refractivity contribution is 7.89. The van der Waals surface area contributed by atoms with E-state index in [0.29, 0.717) is 56.4 Å². The number of hydrogen-bond donors (Lipinski definition) is 1. The molecule has 1 N–H and O–H groups in total. The van der Waals surface area contributed by atoms with Crippen LogP contribution in [0.1, 0.15) is 24.3 Å². The van der Waals surface area contributed by atoms with Crippen LogP contribution in [0.5, 0.6) is 0 Å². The van der Waals surface area contributed by atoms with Crippen molar-refractivity contribution in [3.63, 3.8) is 0 Å². The SMILES string of the molecule is O=C(CCCc1nc(-c2ccccc2)no1)NCc1ccccc1S(=O)(=O)N1CCOCC1. The summed E-state index contributed by atoms with van der Waals surface area (Å²) in [4.78, 5) is 16.9. The van der Waals surface area contributed by atoms with Crippen molar-refractivity contribution < 1.29 is 22.5 Å². The predicted molar refractivity (Wildman–Crippen MR) is 121 cm³/mol. The molecule has 4 rings (SSSR count). The number of aromatic nitrogens is 2. The standard InChI is InChI=1S/C23H26N4O5S/c28-21(11-6-12-22-25-23(26-32-22)18-7-2-1-3-8-18)24-17-19-9-4-5-10-20(19)33(29,30)27-13-15-31-16-14-27/h1-5,7-10H,6,11-17H2,(H,24,28). The third kappa shape index (κ3) is 5.84. The summed E-state index contributed by atoms with van der Waals surface area (Å²) in [7, 11) is -3.64. The van der Waals surface area contributed by atoms with E-state index in [1.54, 1.807) is 24.3 Å². The van der Waals surface area contributed by atoms with Gasteiger partial charge in [-0.2, -0.15) is 9.29 Å². The molecule has 1 saturated heterocycles. The molecule has 2 heterocycles. The second kappa shape index (κ2) is 10.7. The fraction of sp³-hybridized carbons (Fsp3) is 0.348. The van der Waals surface area contributed by atoms with Crippen LogP contribution in [0.3, 0.4) is 0 Å². The highest BCUT2D eigenvalue weighted by Gasteiger charge is 2.28. The molecule has 10 heteroatoms. The Kier molecular flexibility index (Phi) is 7.48. The Hall–Kier alpha value is -3.08. The van der Waals surface area contributed by atoms with Gasteiger partial charge in [0.1, 0.15) is 0 Å². The summed E-state index contributed by atoms with van der Waals surface area (Å²) in [5.74, 6) is 0.827. The first-order chi connectivity index (χ1) is 16.0. The van der Waals surface area contributed by atoms with Gasteiger partial charge in [-0.25, -0.2) is 8.42 Å². The van der Waals surface area contributed by atoms with E-state index in [2.05, 4.69) is 15.5 Å². The molecule has 1 aliphatic heterocycles. The largest absolute Gasteiger partial charge is 0.379 e. The molecular formula is C23H26N4O5S. The van der Waals surface area contributed by atoms with Gasteiger partial charge < -0.3 is 14.6 Å². The van der Waals surface area contributed by atoms with Crippen LogP contribution in [0, 0.1) is 0 Å². The van der Waals surface area contributed by atoms with E-state index in [4.69, 9.17) is 9.26 Å². The number of morpholine rings is 1. The van der Waals surface area contributed by atoms with E-state index in [9.17, 15) is 13.2 Å². The summed E-state index contributed by atoms with van der Waals surface area (Å²) in [6.07, 6.45) is 1.28. The summed E-state index contributed by atoms with van der Waals surface area (Å²) < 4.78 is 38.0. The smallest absolute Gasteiger partial charge is 0.243 e. The number of nitrogens with one attached hydrogen (secondary N) is 1. The van der Waals surface area contributed by atoms with Gasteiger partial charge >= 0.3 is 0 Å². The molecule has 0 saturated carbocycles. The van der Waals surface area contributed by atoms with Crippen molar-refractivity contribution in [3.05, 3.63) is 66.1 Å². The lowest BCUT2D eigenvalue weighted by Crippen LogP contribution is -2.41. The van der Waals surface area contributed by atoms with E-state index in [1.165, 1.54) is 4.31 Å². The maximum atomic E-state index is 13.0. The maximum absolute atomic E-state index is 13.0. The normalized spacial score (nSPS) is 14.8. The van der Waals surface area contributed by atoms with Crippen molar-refractivity contribution in [2.75, 3.05) is 26.3 Å². The molecule has 0 spiro atoms. The topological polar surface area (TPSA) is 115 Å². The van der Waals surface area contributed by atoms with Crippen LogP contribution in [0.2, 0.25) is 0 Å². The van der Waals surface area contributed by atoms with Crippen LogP contribution in [0.4, 0.5) is 0 Å². The van der Waals surface area contributed by atoms with Crippen LogP contribution in [-0.2, 0) is 32.5 Å². The molecule has 0 radical (unpaired) electrons. The summed E-state index contributed by atoms with van der Waals surface area (Å²) >= 11 is 0. The summed E-state index contributed by atoms with van der Waals surface area (Å²) in [6.45, 7) is 1.54. The number of benzene rings is 2. The number of amides is 1. The lowest BCUT2D eigenvalue weighted by atomic mass is 10.2. The van der Waals surface area contributed by atoms with Gasteiger partial charge in [-0.3, -0.25) is 4.79 Å². The zero-order valence-corrected chi connectivity index (χ0v) is 19.0. The Morgan fingerprint density at radius 2 is 1.76 bits per heavy atom. The van der Waals surface area contributed by atoms with Crippen LogP contribution < -0.4 is 5.32 Å². The highest BCUT2D eigenvalue weighted by Crippen LogP contribution is 2.21. The number of rotatable bonds is 9. The van der Waals surface area contributed by atoms with Crippen molar-refractivity contribution >= 4 is 15.9 Å². The van der Waals surface area contributed by atoms with Crippen molar-refractivity contribution in [3.8, 4) is 11.4 Å². The Morgan fingerprint density at radius 1 is 1.03 bits per heavy atom. The van der Waals surface area contributed by atoms with Crippen molar-refractivity contribution in [1.29, 1.82) is 0 Å². The maximum Gasteiger partial charge on any atom is 0.243 e. The van der Waals surface area contributed by atoms with Gasteiger partial charge in [-0.1, -0.05) is 53.7 Å². The summed E-state index contributed by atoms with van der Waals surface area (Å²) in [5.41, 5.74) is 1.43. The molecule has 0 atom stereocenters. The molecule has 1 amide bonds. The molecule has 3 aromatic rings. The van der Waals surface area contributed by atoms with Gasteiger partial charge in [0.15, 0.2) is 0 Å². The summed E-state index contributed by atoms with van der Waals surface area (Å²) in [6, 6.07) is 16.3. The van der Waals surface area contributed by atoms with Crippen LogP contribution in [0.25, 0.3) is 11.4 Å². The first kappa shape index (κ1) is 23.1. The molecule has 1 aromatic heterocycles. The van der Waals surface area contributed by atoms with Crippen molar-refractivity contribution in [2.45, 2.75) is 30.7 Å². The number of carbonyl (C=O) groups is 1. The molecule has 0 bridgehead atoms. The fourth-order valence-corrected chi connectivity index (χ4v) is 5.20. The van der Waals surface area contributed by atoms with Crippen LogP contribution in [-0.4, -0.2) is 55.1 Å². The molecule has 2 aromatic carbocycles. The fourth-order valence-electron chi connectivity index (χ4n) is 3.57. The van der Waals surface area contributed by atoms with Gasteiger partial charge in [-0.15, -0.1) is 0 Å². The molecule has 9 nitrogen and oxygen atoms in total. The van der Waals surface area contributed by atoms with Gasteiger partial charge in [0.05, 0.1) is 18.1 Å². The molecule has 1 aliphatic rings. The quantitative estimate of drug-likeness (QED) is 0.511. The van der Waals surface area contributed by atoms with Crippen LogP contribution in [0.15, 0.2) is 64.0 Å². The van der Waals surface area contributed by atoms with Gasteiger partial charge in [-0.05, 0) is 18.1 Å². The molecule has 1 fully saturated rings. The molecule has 0 aliphatic carbocycles. The Bertz CT molecular complexity index is 1170. The number of carbonyl (C=O) groups excluding carboxylic acids is 1. The lowest BCUT2D eigenvalue weighted by Gasteiger charge is -2.27. The minimum Gasteiger partial charge on any atom is -0.379 e. The number of sulfonamides is 1. The van der Waals surface area contributed by atoms with E-state index in [0.717, 1.165) is 5.56 Å². The third-order valence-corrected chi connectivity index (χ3v) is 7.33. The Balaban J connectivity index is 1.29. The van der Waals surface area contributed by atoms with Gasteiger partial charge in [0.2, 0.25) is 27.6 Å². The lowest BCUT2D eigenvalue weighted by molar-refractivity contribution is -0.121. The first-order valence-corrected chi connectivity index (χ1v) is 12.3. The second-order valence-electron chi connectivity index (χ2n) is 7.63. The zero-order valence-electron chi connectivity index (χ0n) is 18.1. The van der Waals surface area contributed by atoms with E-state index >= 15 is 0 Å². The minimum absolute atomic E-state index is 0.136. The van der Waals surface area contributed by atoms with E-state index in [1.807, 2.05) is 30.3 Å². The highest BCUT2D eigenvalue weighted by atomic mass is 32.2. The number of aryl methyl sites for hydroxylation is 1. The minimum atomic E-state index is -3.64. The average Bonchev–Trinajstić information content (AvgIpc) is 3.33. The average molecular weight is 471 g/mol.